The maximum Gasteiger partial charge on any atom is 0.100 e. The number of rotatable bonds is 2. The number of aromatic nitrogens is 2. The van der Waals surface area contributed by atoms with Gasteiger partial charge in [-0.1, -0.05) is 13.8 Å². The standard InChI is InChI=1S/C7H10N2O.C2H6/c1-6-2-3-9(8-6)4-7-5-10-7;1-2/h2-3,7H,4-5H2,1H3;1-2H3. The summed E-state index contributed by atoms with van der Waals surface area (Å²) < 4.78 is 6.98. The van der Waals surface area contributed by atoms with E-state index < -0.39 is 0 Å². The largest absolute Gasteiger partial charge is 0.371 e. The molecule has 0 bridgehead atoms. The number of ether oxygens (including phenoxy) is 1. The molecule has 3 nitrogen and oxygen atoms in total. The molecule has 0 aliphatic carbocycles. The van der Waals surface area contributed by atoms with Crippen LogP contribution in [-0.4, -0.2) is 22.5 Å². The third-order valence-electron chi connectivity index (χ3n) is 1.57. The maximum atomic E-state index is 5.06. The molecule has 1 atom stereocenters. The van der Waals surface area contributed by atoms with Crippen LogP contribution in [0.15, 0.2) is 12.3 Å². The summed E-state index contributed by atoms with van der Waals surface area (Å²) in [5.74, 6) is 0. The van der Waals surface area contributed by atoms with Gasteiger partial charge in [-0.3, -0.25) is 4.68 Å². The first-order valence-electron chi connectivity index (χ1n) is 4.46. The van der Waals surface area contributed by atoms with Crippen LogP contribution in [0, 0.1) is 6.92 Å². The lowest BCUT2D eigenvalue weighted by Crippen LogP contribution is -2.04. The summed E-state index contributed by atoms with van der Waals surface area (Å²) in [6, 6.07) is 2.00. The quantitative estimate of drug-likeness (QED) is 0.628. The zero-order chi connectivity index (χ0) is 8.97. The summed E-state index contributed by atoms with van der Waals surface area (Å²) in [5, 5.41) is 4.23. The van der Waals surface area contributed by atoms with E-state index in [4.69, 9.17) is 4.74 Å². The van der Waals surface area contributed by atoms with Crippen LogP contribution in [0.1, 0.15) is 19.5 Å². The highest BCUT2D eigenvalue weighted by Gasteiger charge is 2.22. The van der Waals surface area contributed by atoms with Gasteiger partial charge >= 0.3 is 0 Å². The number of aryl methyl sites for hydroxylation is 1. The van der Waals surface area contributed by atoms with E-state index in [9.17, 15) is 0 Å². The third-order valence-corrected chi connectivity index (χ3v) is 1.57. The summed E-state index contributed by atoms with van der Waals surface area (Å²) in [6.45, 7) is 7.80. The summed E-state index contributed by atoms with van der Waals surface area (Å²) in [6.07, 6.45) is 2.41. The van der Waals surface area contributed by atoms with E-state index in [0.717, 1.165) is 18.8 Å². The topological polar surface area (TPSA) is 30.4 Å². The Morgan fingerprint density at radius 2 is 2.33 bits per heavy atom. The molecule has 1 fully saturated rings. The van der Waals surface area contributed by atoms with E-state index in [0.29, 0.717) is 6.10 Å². The van der Waals surface area contributed by atoms with Crippen LogP contribution in [0.3, 0.4) is 0 Å². The van der Waals surface area contributed by atoms with Gasteiger partial charge in [0.2, 0.25) is 0 Å². The van der Waals surface area contributed by atoms with Gasteiger partial charge in [0, 0.05) is 6.20 Å². The van der Waals surface area contributed by atoms with E-state index in [2.05, 4.69) is 5.10 Å². The molecule has 1 aliphatic rings. The molecule has 0 saturated carbocycles. The van der Waals surface area contributed by atoms with Gasteiger partial charge in [0.05, 0.1) is 18.8 Å². The third kappa shape index (κ3) is 2.66. The molecule has 0 amide bonds. The van der Waals surface area contributed by atoms with Crippen molar-refractivity contribution in [1.82, 2.24) is 9.78 Å². The van der Waals surface area contributed by atoms with Crippen molar-refractivity contribution in [3.8, 4) is 0 Å². The molecular weight excluding hydrogens is 152 g/mol. The second-order valence-corrected chi connectivity index (χ2v) is 2.63. The van der Waals surface area contributed by atoms with Crippen LogP contribution in [0.5, 0.6) is 0 Å². The monoisotopic (exact) mass is 168 g/mol. The van der Waals surface area contributed by atoms with Gasteiger partial charge in [-0.05, 0) is 13.0 Å². The number of hydrogen-bond donors (Lipinski definition) is 0. The summed E-state index contributed by atoms with van der Waals surface area (Å²) >= 11 is 0. The van der Waals surface area contributed by atoms with Gasteiger partial charge < -0.3 is 4.74 Å². The van der Waals surface area contributed by atoms with Crippen LogP contribution in [0.2, 0.25) is 0 Å². The zero-order valence-corrected chi connectivity index (χ0v) is 7.95. The predicted molar refractivity (Wildman–Crippen MR) is 48.1 cm³/mol. The normalized spacial score (nSPS) is 19.8. The molecular formula is C9H16N2O. The Bertz CT molecular complexity index is 228. The SMILES string of the molecule is CC.Cc1ccn(CC2CO2)n1. The molecule has 1 aliphatic heterocycles. The van der Waals surface area contributed by atoms with Crippen molar-refractivity contribution in [2.75, 3.05) is 6.61 Å². The van der Waals surface area contributed by atoms with Crippen LogP contribution >= 0.6 is 0 Å². The minimum Gasteiger partial charge on any atom is -0.371 e. The fourth-order valence-corrected chi connectivity index (χ4v) is 0.947. The van der Waals surface area contributed by atoms with Crippen molar-refractivity contribution in [3.63, 3.8) is 0 Å². The van der Waals surface area contributed by atoms with Gasteiger partial charge in [-0.2, -0.15) is 5.10 Å². The number of hydrogen-bond acceptors (Lipinski definition) is 2. The molecule has 1 unspecified atom stereocenters. The number of epoxide rings is 1. The fourth-order valence-electron chi connectivity index (χ4n) is 0.947. The Labute approximate surface area is 73.3 Å². The van der Waals surface area contributed by atoms with Crippen LogP contribution in [0.4, 0.5) is 0 Å². The fraction of sp³-hybridized carbons (Fsp3) is 0.667. The van der Waals surface area contributed by atoms with Gasteiger partial charge in [0.25, 0.3) is 0 Å². The highest BCUT2D eigenvalue weighted by Crippen LogP contribution is 2.10. The number of nitrogens with zero attached hydrogens (tertiary/aromatic N) is 2. The lowest BCUT2D eigenvalue weighted by atomic mass is 10.5. The average molecular weight is 168 g/mol. The van der Waals surface area contributed by atoms with E-state index in [-0.39, 0.29) is 0 Å². The first kappa shape index (κ1) is 9.26. The minimum atomic E-state index is 0.430. The predicted octanol–water partition coefficient (Wildman–Crippen LogP) is 1.62. The van der Waals surface area contributed by atoms with Crippen molar-refractivity contribution in [3.05, 3.63) is 18.0 Å². The van der Waals surface area contributed by atoms with Crippen LogP contribution < -0.4 is 0 Å². The van der Waals surface area contributed by atoms with Gasteiger partial charge in [0.1, 0.15) is 6.10 Å². The van der Waals surface area contributed by atoms with Crippen molar-refractivity contribution in [1.29, 1.82) is 0 Å². The Morgan fingerprint density at radius 1 is 1.67 bits per heavy atom. The molecule has 1 aromatic rings. The highest BCUT2D eigenvalue weighted by molar-refractivity contribution is 4.95. The molecule has 2 rings (SSSR count). The summed E-state index contributed by atoms with van der Waals surface area (Å²) in [4.78, 5) is 0. The lowest BCUT2D eigenvalue weighted by molar-refractivity contribution is 0.373. The molecule has 2 heterocycles. The molecule has 0 radical (unpaired) electrons. The van der Waals surface area contributed by atoms with E-state index in [1.165, 1.54) is 0 Å². The maximum absolute atomic E-state index is 5.06. The van der Waals surface area contributed by atoms with Crippen molar-refractivity contribution >= 4 is 0 Å². The summed E-state index contributed by atoms with van der Waals surface area (Å²) in [5.41, 5.74) is 1.07. The Kier molecular flexibility index (Phi) is 3.29. The van der Waals surface area contributed by atoms with Gasteiger partial charge in [0.15, 0.2) is 0 Å². The molecule has 68 valence electrons. The molecule has 1 aromatic heterocycles. The second kappa shape index (κ2) is 4.26. The van der Waals surface area contributed by atoms with Gasteiger partial charge in [-0.25, -0.2) is 0 Å². The Balaban J connectivity index is 0.000000336. The van der Waals surface area contributed by atoms with Crippen molar-refractivity contribution in [2.24, 2.45) is 0 Å². The first-order valence-corrected chi connectivity index (χ1v) is 4.46. The van der Waals surface area contributed by atoms with Crippen molar-refractivity contribution in [2.45, 2.75) is 33.4 Å². The van der Waals surface area contributed by atoms with E-state index in [1.54, 1.807) is 0 Å². The van der Waals surface area contributed by atoms with E-state index in [1.807, 2.05) is 37.7 Å². The molecule has 0 N–H and O–H groups in total. The second-order valence-electron chi connectivity index (χ2n) is 2.63. The highest BCUT2D eigenvalue weighted by atomic mass is 16.6. The summed E-state index contributed by atoms with van der Waals surface area (Å²) in [7, 11) is 0. The first-order chi connectivity index (χ1) is 5.84. The molecule has 0 aromatic carbocycles. The van der Waals surface area contributed by atoms with Crippen LogP contribution in [0.25, 0.3) is 0 Å². The zero-order valence-electron chi connectivity index (χ0n) is 7.95. The Hall–Kier alpha value is -0.830. The molecule has 3 heteroatoms. The van der Waals surface area contributed by atoms with E-state index >= 15 is 0 Å². The average Bonchev–Trinajstić information content (AvgIpc) is 2.80. The van der Waals surface area contributed by atoms with Gasteiger partial charge in [-0.15, -0.1) is 0 Å². The van der Waals surface area contributed by atoms with Crippen molar-refractivity contribution < 1.29 is 4.74 Å². The minimum absolute atomic E-state index is 0.430. The molecule has 12 heavy (non-hydrogen) atoms. The smallest absolute Gasteiger partial charge is 0.100 e. The Morgan fingerprint density at radius 3 is 2.75 bits per heavy atom. The molecule has 0 spiro atoms. The lowest BCUT2D eigenvalue weighted by Gasteiger charge is -1.93. The molecule has 1 saturated heterocycles. The van der Waals surface area contributed by atoms with Crippen LogP contribution in [-0.2, 0) is 11.3 Å².